The number of hydrogen-bond acceptors (Lipinski definition) is 2. The summed E-state index contributed by atoms with van der Waals surface area (Å²) < 4.78 is 13.7. The Balaban J connectivity index is 2.24. The van der Waals surface area contributed by atoms with Crippen LogP contribution < -0.4 is 11.1 Å². The number of thiocarbonyl (C=S) groups is 1. The lowest BCUT2D eigenvalue weighted by Gasteiger charge is -2.22. The van der Waals surface area contributed by atoms with Gasteiger partial charge in [0.2, 0.25) is 0 Å². The minimum absolute atomic E-state index is 0.106. The van der Waals surface area contributed by atoms with Crippen LogP contribution in [0, 0.1) is 17.7 Å². The van der Waals surface area contributed by atoms with Gasteiger partial charge in [0.15, 0.2) is 0 Å². The standard InChI is InChI=1S/C14H19FN2S/c1-8-6-7-11(9(8)2)17-12-5-3-4-10(15)13(12)14(16)18/h3-5,8-9,11,17H,6-7H2,1-2H3,(H2,16,18). The average molecular weight is 266 g/mol. The Bertz CT molecular complexity index is 461. The third-order valence-corrected chi connectivity index (χ3v) is 4.27. The van der Waals surface area contributed by atoms with Crippen LogP contribution in [-0.4, -0.2) is 11.0 Å². The number of benzene rings is 1. The van der Waals surface area contributed by atoms with Crippen LogP contribution in [0.15, 0.2) is 18.2 Å². The Labute approximate surface area is 113 Å². The molecule has 3 N–H and O–H groups in total. The van der Waals surface area contributed by atoms with Gasteiger partial charge in [-0.05, 0) is 36.8 Å². The SMILES string of the molecule is CC1CCC(Nc2cccc(F)c2C(N)=S)C1C. The van der Waals surface area contributed by atoms with E-state index in [0.29, 0.717) is 29.1 Å². The molecule has 18 heavy (non-hydrogen) atoms. The summed E-state index contributed by atoms with van der Waals surface area (Å²) >= 11 is 4.93. The zero-order chi connectivity index (χ0) is 13.3. The maximum absolute atomic E-state index is 13.7. The van der Waals surface area contributed by atoms with E-state index in [-0.39, 0.29) is 10.8 Å². The number of nitrogens with two attached hydrogens (primary N) is 1. The Morgan fingerprint density at radius 3 is 2.67 bits per heavy atom. The second-order valence-electron chi connectivity index (χ2n) is 5.19. The van der Waals surface area contributed by atoms with Crippen LogP contribution in [0.25, 0.3) is 0 Å². The quantitative estimate of drug-likeness (QED) is 0.824. The fraction of sp³-hybridized carbons (Fsp3) is 0.500. The minimum Gasteiger partial charge on any atom is -0.389 e. The number of anilines is 1. The van der Waals surface area contributed by atoms with Crippen molar-refractivity contribution < 1.29 is 4.39 Å². The van der Waals surface area contributed by atoms with Crippen molar-refractivity contribution in [3.8, 4) is 0 Å². The zero-order valence-corrected chi connectivity index (χ0v) is 11.6. The maximum Gasteiger partial charge on any atom is 0.135 e. The van der Waals surface area contributed by atoms with Crippen LogP contribution >= 0.6 is 12.2 Å². The molecule has 2 rings (SSSR count). The molecule has 0 saturated heterocycles. The first kappa shape index (κ1) is 13.3. The van der Waals surface area contributed by atoms with E-state index >= 15 is 0 Å². The molecule has 1 saturated carbocycles. The van der Waals surface area contributed by atoms with Crippen molar-refractivity contribution in [1.82, 2.24) is 0 Å². The third kappa shape index (κ3) is 2.48. The summed E-state index contributed by atoms with van der Waals surface area (Å²) in [6.45, 7) is 4.49. The normalized spacial score (nSPS) is 27.2. The van der Waals surface area contributed by atoms with Crippen LogP contribution in [0.2, 0.25) is 0 Å². The zero-order valence-electron chi connectivity index (χ0n) is 10.7. The van der Waals surface area contributed by atoms with Crippen LogP contribution in [0.4, 0.5) is 10.1 Å². The summed E-state index contributed by atoms with van der Waals surface area (Å²) in [7, 11) is 0. The van der Waals surface area contributed by atoms with Gasteiger partial charge in [0.1, 0.15) is 10.8 Å². The Kier molecular flexibility index (Phi) is 3.85. The predicted octanol–water partition coefficient (Wildman–Crippen LogP) is 3.31. The van der Waals surface area contributed by atoms with Gasteiger partial charge in [-0.15, -0.1) is 0 Å². The predicted molar refractivity (Wildman–Crippen MR) is 77.3 cm³/mol. The van der Waals surface area contributed by atoms with E-state index in [4.69, 9.17) is 18.0 Å². The molecule has 0 spiro atoms. The molecule has 0 heterocycles. The molecule has 3 atom stereocenters. The van der Waals surface area contributed by atoms with Gasteiger partial charge in [0.05, 0.1) is 5.56 Å². The summed E-state index contributed by atoms with van der Waals surface area (Å²) in [5.74, 6) is 0.919. The van der Waals surface area contributed by atoms with Gasteiger partial charge in [0.25, 0.3) is 0 Å². The summed E-state index contributed by atoms with van der Waals surface area (Å²) in [6, 6.07) is 5.28. The lowest BCUT2D eigenvalue weighted by Crippen LogP contribution is -2.26. The Morgan fingerprint density at radius 2 is 2.11 bits per heavy atom. The van der Waals surface area contributed by atoms with Crippen LogP contribution in [-0.2, 0) is 0 Å². The van der Waals surface area contributed by atoms with Gasteiger partial charge < -0.3 is 11.1 Å². The molecule has 4 heteroatoms. The first-order valence-corrected chi connectivity index (χ1v) is 6.76. The molecule has 1 aromatic carbocycles. The number of halogens is 1. The molecule has 3 unspecified atom stereocenters. The van der Waals surface area contributed by atoms with E-state index in [9.17, 15) is 4.39 Å². The monoisotopic (exact) mass is 266 g/mol. The Morgan fingerprint density at radius 1 is 1.39 bits per heavy atom. The molecule has 0 aliphatic heterocycles. The molecule has 0 amide bonds. The van der Waals surface area contributed by atoms with Crippen molar-refractivity contribution in [3.63, 3.8) is 0 Å². The number of hydrogen-bond donors (Lipinski definition) is 2. The van der Waals surface area contributed by atoms with E-state index < -0.39 is 0 Å². The fourth-order valence-electron chi connectivity index (χ4n) is 2.66. The van der Waals surface area contributed by atoms with E-state index in [2.05, 4.69) is 19.2 Å². The Hall–Kier alpha value is -1.16. The highest BCUT2D eigenvalue weighted by Crippen LogP contribution is 2.34. The van der Waals surface area contributed by atoms with Crippen LogP contribution in [0.5, 0.6) is 0 Å². The molecule has 1 aliphatic carbocycles. The van der Waals surface area contributed by atoms with Crippen LogP contribution in [0.3, 0.4) is 0 Å². The van der Waals surface area contributed by atoms with Gasteiger partial charge in [-0.3, -0.25) is 0 Å². The molecular weight excluding hydrogens is 247 g/mol. The number of nitrogens with one attached hydrogen (secondary N) is 1. The van der Waals surface area contributed by atoms with Gasteiger partial charge in [-0.1, -0.05) is 32.1 Å². The van der Waals surface area contributed by atoms with Crippen molar-refractivity contribution in [2.24, 2.45) is 17.6 Å². The molecule has 2 nitrogen and oxygen atoms in total. The molecule has 98 valence electrons. The van der Waals surface area contributed by atoms with Crippen molar-refractivity contribution in [2.75, 3.05) is 5.32 Å². The van der Waals surface area contributed by atoms with E-state index in [1.165, 1.54) is 12.5 Å². The highest BCUT2D eigenvalue weighted by Gasteiger charge is 2.30. The average Bonchev–Trinajstić information content (AvgIpc) is 2.60. The smallest absolute Gasteiger partial charge is 0.135 e. The van der Waals surface area contributed by atoms with E-state index in [1.807, 2.05) is 6.07 Å². The maximum atomic E-state index is 13.7. The largest absolute Gasteiger partial charge is 0.389 e. The topological polar surface area (TPSA) is 38.0 Å². The lowest BCUT2D eigenvalue weighted by molar-refractivity contribution is 0.435. The molecule has 1 fully saturated rings. The van der Waals surface area contributed by atoms with Gasteiger partial charge in [-0.2, -0.15) is 0 Å². The third-order valence-electron chi connectivity index (χ3n) is 4.07. The highest BCUT2D eigenvalue weighted by molar-refractivity contribution is 7.80. The molecule has 0 bridgehead atoms. The highest BCUT2D eigenvalue weighted by atomic mass is 32.1. The molecular formula is C14H19FN2S. The minimum atomic E-state index is -0.355. The van der Waals surface area contributed by atoms with E-state index in [1.54, 1.807) is 6.07 Å². The van der Waals surface area contributed by atoms with Crippen molar-refractivity contribution in [1.29, 1.82) is 0 Å². The van der Waals surface area contributed by atoms with Crippen molar-refractivity contribution in [3.05, 3.63) is 29.6 Å². The first-order valence-electron chi connectivity index (χ1n) is 6.35. The van der Waals surface area contributed by atoms with E-state index in [0.717, 1.165) is 6.42 Å². The number of rotatable bonds is 3. The molecule has 1 aliphatic rings. The molecule has 0 radical (unpaired) electrons. The van der Waals surface area contributed by atoms with Crippen molar-refractivity contribution in [2.45, 2.75) is 32.7 Å². The fourth-order valence-corrected chi connectivity index (χ4v) is 2.87. The van der Waals surface area contributed by atoms with Gasteiger partial charge in [-0.25, -0.2) is 4.39 Å². The second-order valence-corrected chi connectivity index (χ2v) is 5.63. The summed E-state index contributed by atoms with van der Waals surface area (Å²) in [5, 5.41) is 3.40. The van der Waals surface area contributed by atoms with Gasteiger partial charge in [0, 0.05) is 11.7 Å². The van der Waals surface area contributed by atoms with Crippen LogP contribution in [0.1, 0.15) is 32.3 Å². The van der Waals surface area contributed by atoms with Gasteiger partial charge >= 0.3 is 0 Å². The summed E-state index contributed by atoms with van der Waals surface area (Å²) in [5.41, 5.74) is 6.65. The molecule has 0 aromatic heterocycles. The first-order chi connectivity index (χ1) is 8.50. The van der Waals surface area contributed by atoms with Crippen molar-refractivity contribution >= 4 is 22.9 Å². The summed E-state index contributed by atoms with van der Waals surface area (Å²) in [4.78, 5) is 0.106. The second kappa shape index (κ2) is 5.22. The lowest BCUT2D eigenvalue weighted by atomic mass is 9.97. The summed E-state index contributed by atoms with van der Waals surface area (Å²) in [6.07, 6.45) is 2.31. The molecule has 1 aromatic rings.